The van der Waals surface area contributed by atoms with E-state index < -0.39 is 0 Å². The molecule has 0 saturated carbocycles. The average Bonchev–Trinajstić information content (AvgIpc) is 2.28. The first kappa shape index (κ1) is 16.0. The maximum atomic E-state index is 11.4. The monoisotopic (exact) mass is 264 g/mol. The molecule has 0 saturated heterocycles. The van der Waals surface area contributed by atoms with Crippen molar-refractivity contribution in [2.24, 2.45) is 5.92 Å². The van der Waals surface area contributed by atoms with Crippen molar-refractivity contribution >= 4 is 5.97 Å². The summed E-state index contributed by atoms with van der Waals surface area (Å²) in [5.74, 6) is 0.289. The molecule has 2 atom stereocenters. The van der Waals surface area contributed by atoms with Crippen LogP contribution in [0, 0.1) is 5.92 Å². The van der Waals surface area contributed by atoms with Crippen molar-refractivity contribution in [3.63, 3.8) is 0 Å². The molecule has 0 heterocycles. The SMILES string of the molecule is CC(=O)O[C@](C)(CCC=C(C)C)C1CC=C(C)CC1. The number of carbonyl (C=O) groups excluding carboxylic acids is 1. The number of carbonyl (C=O) groups is 1. The van der Waals surface area contributed by atoms with Crippen molar-refractivity contribution in [1.29, 1.82) is 0 Å². The van der Waals surface area contributed by atoms with Gasteiger partial charge in [0, 0.05) is 12.8 Å². The Morgan fingerprint density at radius 2 is 2.16 bits per heavy atom. The normalized spacial score (nSPS) is 22.2. The van der Waals surface area contributed by atoms with Crippen LogP contribution in [0.1, 0.15) is 66.7 Å². The summed E-state index contributed by atoms with van der Waals surface area (Å²) >= 11 is 0. The van der Waals surface area contributed by atoms with E-state index in [2.05, 4.69) is 39.8 Å². The Kier molecular flexibility index (Phi) is 5.84. The Bertz CT molecular complexity index is 375. The predicted octanol–water partition coefficient (Wildman–Crippen LogP) is 4.80. The van der Waals surface area contributed by atoms with Crippen molar-refractivity contribution in [2.45, 2.75) is 72.3 Å². The van der Waals surface area contributed by atoms with E-state index in [1.54, 1.807) is 0 Å². The molecule has 0 radical (unpaired) electrons. The topological polar surface area (TPSA) is 26.3 Å². The van der Waals surface area contributed by atoms with Gasteiger partial charge in [0.1, 0.15) is 5.60 Å². The van der Waals surface area contributed by atoms with E-state index in [9.17, 15) is 4.79 Å². The van der Waals surface area contributed by atoms with Crippen LogP contribution in [0.15, 0.2) is 23.3 Å². The molecule has 108 valence electrons. The van der Waals surface area contributed by atoms with Gasteiger partial charge in [-0.15, -0.1) is 0 Å². The van der Waals surface area contributed by atoms with Gasteiger partial charge in [0.25, 0.3) is 0 Å². The van der Waals surface area contributed by atoms with E-state index in [4.69, 9.17) is 4.74 Å². The fraction of sp³-hybridized carbons (Fsp3) is 0.706. The second kappa shape index (κ2) is 6.93. The average molecular weight is 264 g/mol. The van der Waals surface area contributed by atoms with E-state index >= 15 is 0 Å². The molecule has 0 fully saturated rings. The number of ether oxygens (including phenoxy) is 1. The maximum absolute atomic E-state index is 11.4. The van der Waals surface area contributed by atoms with Gasteiger partial charge >= 0.3 is 5.97 Å². The van der Waals surface area contributed by atoms with Gasteiger partial charge in [0.2, 0.25) is 0 Å². The first-order valence-electron chi connectivity index (χ1n) is 7.32. The van der Waals surface area contributed by atoms with Crippen LogP contribution in [0.4, 0.5) is 0 Å². The molecule has 1 rings (SSSR count). The van der Waals surface area contributed by atoms with Gasteiger partial charge in [-0.05, 0) is 59.8 Å². The maximum Gasteiger partial charge on any atom is 0.303 e. The first-order valence-corrected chi connectivity index (χ1v) is 7.32. The minimum Gasteiger partial charge on any atom is -0.459 e. The third-order valence-electron chi connectivity index (χ3n) is 4.07. The lowest BCUT2D eigenvalue weighted by Crippen LogP contribution is -2.40. The minimum absolute atomic E-state index is 0.161. The van der Waals surface area contributed by atoms with Crippen LogP contribution in [0.2, 0.25) is 0 Å². The van der Waals surface area contributed by atoms with E-state index in [0.717, 1.165) is 32.1 Å². The number of esters is 1. The van der Waals surface area contributed by atoms with E-state index in [1.165, 1.54) is 18.1 Å². The Morgan fingerprint density at radius 3 is 2.63 bits per heavy atom. The van der Waals surface area contributed by atoms with Crippen LogP contribution in [0.5, 0.6) is 0 Å². The summed E-state index contributed by atoms with van der Waals surface area (Å²) in [7, 11) is 0. The summed E-state index contributed by atoms with van der Waals surface area (Å²) in [6, 6.07) is 0. The zero-order valence-corrected chi connectivity index (χ0v) is 13.1. The first-order chi connectivity index (χ1) is 8.83. The molecule has 2 heteroatoms. The van der Waals surface area contributed by atoms with Crippen molar-refractivity contribution in [3.8, 4) is 0 Å². The van der Waals surface area contributed by atoms with E-state index in [-0.39, 0.29) is 11.6 Å². The molecule has 0 spiro atoms. The van der Waals surface area contributed by atoms with Gasteiger partial charge < -0.3 is 4.74 Å². The third-order valence-corrected chi connectivity index (χ3v) is 4.07. The lowest BCUT2D eigenvalue weighted by molar-refractivity contribution is -0.162. The lowest BCUT2D eigenvalue weighted by Gasteiger charge is -2.38. The summed E-state index contributed by atoms with van der Waals surface area (Å²) in [4.78, 5) is 11.4. The summed E-state index contributed by atoms with van der Waals surface area (Å²) in [5, 5.41) is 0. The number of rotatable bonds is 5. The summed E-state index contributed by atoms with van der Waals surface area (Å²) in [5.41, 5.74) is 2.46. The highest BCUT2D eigenvalue weighted by atomic mass is 16.6. The largest absolute Gasteiger partial charge is 0.459 e. The van der Waals surface area contributed by atoms with E-state index in [0.29, 0.717) is 5.92 Å². The minimum atomic E-state index is -0.324. The van der Waals surface area contributed by atoms with Crippen molar-refractivity contribution < 1.29 is 9.53 Å². The zero-order valence-electron chi connectivity index (χ0n) is 13.1. The van der Waals surface area contributed by atoms with Gasteiger partial charge in [-0.2, -0.15) is 0 Å². The Labute approximate surface area is 117 Å². The van der Waals surface area contributed by atoms with Crippen molar-refractivity contribution in [3.05, 3.63) is 23.3 Å². The molecule has 0 bridgehead atoms. The summed E-state index contributed by atoms with van der Waals surface area (Å²) < 4.78 is 5.70. The molecule has 0 aliphatic heterocycles. The molecule has 0 aromatic carbocycles. The van der Waals surface area contributed by atoms with Crippen LogP contribution >= 0.6 is 0 Å². The molecule has 0 aromatic heterocycles. The molecular formula is C17H28O2. The van der Waals surface area contributed by atoms with Gasteiger partial charge in [-0.25, -0.2) is 0 Å². The summed E-state index contributed by atoms with van der Waals surface area (Å²) in [6.45, 7) is 10.0. The fourth-order valence-electron chi connectivity index (χ4n) is 2.83. The Balaban J connectivity index is 2.74. The lowest BCUT2D eigenvalue weighted by atomic mass is 9.76. The predicted molar refractivity (Wildman–Crippen MR) is 79.9 cm³/mol. The highest BCUT2D eigenvalue weighted by Gasteiger charge is 2.36. The Hall–Kier alpha value is -1.05. The van der Waals surface area contributed by atoms with Gasteiger partial charge in [-0.1, -0.05) is 23.3 Å². The van der Waals surface area contributed by atoms with E-state index in [1.807, 2.05) is 0 Å². The molecule has 0 N–H and O–H groups in total. The van der Waals surface area contributed by atoms with Crippen LogP contribution in [-0.4, -0.2) is 11.6 Å². The quantitative estimate of drug-likeness (QED) is 0.526. The van der Waals surface area contributed by atoms with Crippen LogP contribution in [0.25, 0.3) is 0 Å². The van der Waals surface area contributed by atoms with Gasteiger partial charge in [0.15, 0.2) is 0 Å². The second-order valence-electron chi connectivity index (χ2n) is 6.25. The van der Waals surface area contributed by atoms with Crippen molar-refractivity contribution in [2.75, 3.05) is 0 Å². The highest BCUT2D eigenvalue weighted by molar-refractivity contribution is 5.66. The molecule has 1 unspecified atom stereocenters. The van der Waals surface area contributed by atoms with Crippen LogP contribution < -0.4 is 0 Å². The zero-order chi connectivity index (χ0) is 14.5. The van der Waals surface area contributed by atoms with Crippen LogP contribution in [0.3, 0.4) is 0 Å². The molecule has 19 heavy (non-hydrogen) atoms. The third kappa shape index (κ3) is 5.22. The van der Waals surface area contributed by atoms with Crippen molar-refractivity contribution in [1.82, 2.24) is 0 Å². The van der Waals surface area contributed by atoms with Crippen LogP contribution in [-0.2, 0) is 9.53 Å². The number of hydrogen-bond acceptors (Lipinski definition) is 2. The second-order valence-corrected chi connectivity index (χ2v) is 6.25. The number of allylic oxidation sites excluding steroid dienone is 4. The Morgan fingerprint density at radius 1 is 1.47 bits per heavy atom. The number of hydrogen-bond donors (Lipinski definition) is 0. The standard InChI is InChI=1S/C17H28O2/c1-13(2)7-6-12-17(5,19-15(4)18)16-10-8-14(3)9-11-16/h7-8,16H,6,9-12H2,1-5H3/t16?,17-/m1/s1. The molecular weight excluding hydrogens is 236 g/mol. The fourth-order valence-corrected chi connectivity index (χ4v) is 2.83. The molecule has 0 aromatic rings. The van der Waals surface area contributed by atoms with Gasteiger partial charge in [-0.3, -0.25) is 4.79 Å². The molecule has 0 amide bonds. The van der Waals surface area contributed by atoms with Gasteiger partial charge in [0.05, 0.1) is 0 Å². The summed E-state index contributed by atoms with van der Waals surface area (Å²) in [6.07, 6.45) is 9.71. The molecule has 2 nitrogen and oxygen atoms in total. The smallest absolute Gasteiger partial charge is 0.303 e. The molecule has 1 aliphatic carbocycles. The molecule has 1 aliphatic rings. The highest BCUT2D eigenvalue weighted by Crippen LogP contribution is 2.37.